The van der Waals surface area contributed by atoms with Gasteiger partial charge in [-0.3, -0.25) is 4.79 Å². The van der Waals surface area contributed by atoms with E-state index in [2.05, 4.69) is 5.32 Å². The summed E-state index contributed by atoms with van der Waals surface area (Å²) in [7, 11) is 1.60. The van der Waals surface area contributed by atoms with Gasteiger partial charge < -0.3 is 19.7 Å². The van der Waals surface area contributed by atoms with Crippen molar-refractivity contribution in [3.8, 4) is 0 Å². The molecule has 164 valence electrons. The number of aryl methyl sites for hydroxylation is 1. The van der Waals surface area contributed by atoms with Crippen LogP contribution in [-0.4, -0.2) is 40.8 Å². The minimum absolute atomic E-state index is 0.171. The standard InChI is InChI=1S/C26H27N3O3/c1-3-29-23-18-19(24(30)27-16-17-32-2)14-15-22(23)28-25(29)26(31,20-10-6-4-7-11-20)21-12-8-5-9-13-21/h4-15,18,31H,3,16-17H2,1-2H3,(H,27,30). The van der Waals surface area contributed by atoms with Gasteiger partial charge in [-0.15, -0.1) is 0 Å². The number of carbonyl (C=O) groups is 1. The maximum absolute atomic E-state index is 12.6. The second-order valence-electron chi connectivity index (χ2n) is 7.57. The molecule has 0 bridgehead atoms. The highest BCUT2D eigenvalue weighted by Crippen LogP contribution is 2.37. The van der Waals surface area contributed by atoms with Crippen molar-refractivity contribution in [3.05, 3.63) is 101 Å². The number of amides is 1. The lowest BCUT2D eigenvalue weighted by Gasteiger charge is -2.29. The Kier molecular flexibility index (Phi) is 6.35. The summed E-state index contributed by atoms with van der Waals surface area (Å²) in [5.74, 6) is 0.347. The average Bonchev–Trinajstić information content (AvgIpc) is 3.23. The zero-order chi connectivity index (χ0) is 22.6. The number of nitrogens with zero attached hydrogens (tertiary/aromatic N) is 2. The van der Waals surface area contributed by atoms with Gasteiger partial charge in [-0.05, 0) is 36.2 Å². The normalized spacial score (nSPS) is 11.6. The molecule has 0 aliphatic heterocycles. The summed E-state index contributed by atoms with van der Waals surface area (Å²) in [5.41, 5.74) is 2.08. The fourth-order valence-corrected chi connectivity index (χ4v) is 4.01. The van der Waals surface area contributed by atoms with Crippen molar-refractivity contribution < 1.29 is 14.6 Å². The fourth-order valence-electron chi connectivity index (χ4n) is 4.01. The van der Waals surface area contributed by atoms with Crippen LogP contribution in [0.25, 0.3) is 11.0 Å². The molecule has 2 N–H and O–H groups in total. The Morgan fingerprint density at radius 1 is 1.03 bits per heavy atom. The minimum Gasteiger partial charge on any atom is -0.383 e. The number of fused-ring (bicyclic) bond motifs is 1. The van der Waals surface area contributed by atoms with E-state index in [1.54, 1.807) is 13.2 Å². The van der Waals surface area contributed by atoms with E-state index in [4.69, 9.17) is 9.72 Å². The van der Waals surface area contributed by atoms with Crippen LogP contribution >= 0.6 is 0 Å². The molecule has 1 heterocycles. The minimum atomic E-state index is -1.45. The van der Waals surface area contributed by atoms with E-state index in [1.807, 2.05) is 84.3 Å². The van der Waals surface area contributed by atoms with Crippen LogP contribution in [0.3, 0.4) is 0 Å². The number of hydrogen-bond donors (Lipinski definition) is 2. The molecule has 0 unspecified atom stereocenters. The molecule has 0 aliphatic rings. The molecule has 0 saturated heterocycles. The van der Waals surface area contributed by atoms with E-state index in [1.165, 1.54) is 0 Å². The molecular formula is C26H27N3O3. The van der Waals surface area contributed by atoms with E-state index in [0.717, 1.165) is 22.2 Å². The van der Waals surface area contributed by atoms with Crippen molar-refractivity contribution in [3.63, 3.8) is 0 Å². The summed E-state index contributed by atoms with van der Waals surface area (Å²) in [4.78, 5) is 17.4. The molecule has 0 radical (unpaired) electrons. The lowest BCUT2D eigenvalue weighted by Crippen LogP contribution is -2.32. The van der Waals surface area contributed by atoms with Crippen molar-refractivity contribution in [2.75, 3.05) is 20.3 Å². The number of nitrogens with one attached hydrogen (secondary N) is 1. The molecule has 4 rings (SSSR count). The summed E-state index contributed by atoms with van der Waals surface area (Å²) in [6, 6.07) is 24.5. The smallest absolute Gasteiger partial charge is 0.251 e. The van der Waals surface area contributed by atoms with Gasteiger partial charge >= 0.3 is 0 Å². The highest BCUT2D eigenvalue weighted by atomic mass is 16.5. The second kappa shape index (κ2) is 9.34. The number of aliphatic hydroxyl groups is 1. The van der Waals surface area contributed by atoms with Crippen molar-refractivity contribution in [1.82, 2.24) is 14.9 Å². The topological polar surface area (TPSA) is 76.4 Å². The van der Waals surface area contributed by atoms with Gasteiger partial charge in [0.15, 0.2) is 11.4 Å². The van der Waals surface area contributed by atoms with E-state index in [-0.39, 0.29) is 5.91 Å². The number of aromatic nitrogens is 2. The lowest BCUT2D eigenvalue weighted by molar-refractivity contribution is 0.0937. The molecule has 1 aromatic heterocycles. The predicted octanol–water partition coefficient (Wildman–Crippen LogP) is 3.72. The predicted molar refractivity (Wildman–Crippen MR) is 125 cm³/mol. The molecule has 0 atom stereocenters. The van der Waals surface area contributed by atoms with Gasteiger partial charge in [0.05, 0.1) is 17.6 Å². The van der Waals surface area contributed by atoms with Crippen molar-refractivity contribution in [2.45, 2.75) is 19.1 Å². The highest BCUT2D eigenvalue weighted by molar-refractivity contribution is 5.97. The molecule has 6 heteroatoms. The number of hydrogen-bond acceptors (Lipinski definition) is 4. The number of carbonyl (C=O) groups excluding carboxylic acids is 1. The first-order valence-electron chi connectivity index (χ1n) is 10.7. The third-order valence-electron chi connectivity index (χ3n) is 5.63. The molecule has 0 aliphatic carbocycles. The first-order valence-corrected chi connectivity index (χ1v) is 10.7. The molecule has 0 saturated carbocycles. The van der Waals surface area contributed by atoms with Gasteiger partial charge in [0, 0.05) is 25.8 Å². The van der Waals surface area contributed by atoms with E-state index >= 15 is 0 Å². The maximum Gasteiger partial charge on any atom is 0.251 e. The van der Waals surface area contributed by atoms with Crippen LogP contribution in [0.1, 0.15) is 34.2 Å². The lowest BCUT2D eigenvalue weighted by atomic mass is 9.85. The Labute approximate surface area is 187 Å². The Balaban J connectivity index is 1.87. The number of methoxy groups -OCH3 is 1. The van der Waals surface area contributed by atoms with Gasteiger partial charge in [0.1, 0.15) is 0 Å². The van der Waals surface area contributed by atoms with E-state index in [9.17, 15) is 9.90 Å². The Hall–Kier alpha value is -3.48. The zero-order valence-corrected chi connectivity index (χ0v) is 18.3. The number of ether oxygens (including phenoxy) is 1. The monoisotopic (exact) mass is 429 g/mol. The molecule has 0 spiro atoms. The van der Waals surface area contributed by atoms with Crippen molar-refractivity contribution >= 4 is 16.9 Å². The van der Waals surface area contributed by atoms with Gasteiger partial charge in [0.25, 0.3) is 5.91 Å². The maximum atomic E-state index is 12.6. The van der Waals surface area contributed by atoms with Crippen molar-refractivity contribution in [2.24, 2.45) is 0 Å². The van der Waals surface area contributed by atoms with Crippen LogP contribution in [0.15, 0.2) is 78.9 Å². The van der Waals surface area contributed by atoms with E-state index in [0.29, 0.717) is 31.1 Å². The van der Waals surface area contributed by atoms with Crippen LogP contribution in [0.4, 0.5) is 0 Å². The third kappa shape index (κ3) is 3.90. The molecule has 4 aromatic rings. The molecule has 6 nitrogen and oxygen atoms in total. The van der Waals surface area contributed by atoms with Gasteiger partial charge in [-0.25, -0.2) is 4.98 Å². The number of benzene rings is 3. The summed E-state index contributed by atoms with van der Waals surface area (Å²) in [6.45, 7) is 3.48. The second-order valence-corrected chi connectivity index (χ2v) is 7.57. The number of rotatable bonds is 8. The molecule has 32 heavy (non-hydrogen) atoms. The first-order chi connectivity index (χ1) is 15.6. The number of imidazole rings is 1. The van der Waals surface area contributed by atoms with Crippen LogP contribution in [0.2, 0.25) is 0 Å². The van der Waals surface area contributed by atoms with Crippen LogP contribution in [0, 0.1) is 0 Å². The van der Waals surface area contributed by atoms with Gasteiger partial charge in [-0.2, -0.15) is 0 Å². The van der Waals surface area contributed by atoms with Crippen LogP contribution < -0.4 is 5.32 Å². The van der Waals surface area contributed by atoms with Crippen LogP contribution in [-0.2, 0) is 16.9 Å². The van der Waals surface area contributed by atoms with Crippen LogP contribution in [0.5, 0.6) is 0 Å². The SMILES string of the molecule is CCn1c(C(O)(c2ccccc2)c2ccccc2)nc2ccc(C(=O)NCCOC)cc21. The van der Waals surface area contributed by atoms with Gasteiger partial charge in [0.2, 0.25) is 0 Å². The molecular weight excluding hydrogens is 402 g/mol. The summed E-state index contributed by atoms with van der Waals surface area (Å²) >= 11 is 0. The summed E-state index contributed by atoms with van der Waals surface area (Å²) < 4.78 is 6.98. The zero-order valence-electron chi connectivity index (χ0n) is 18.3. The van der Waals surface area contributed by atoms with E-state index < -0.39 is 5.60 Å². The summed E-state index contributed by atoms with van der Waals surface area (Å²) in [6.07, 6.45) is 0. The Morgan fingerprint density at radius 3 is 2.22 bits per heavy atom. The highest BCUT2D eigenvalue weighted by Gasteiger charge is 2.38. The van der Waals surface area contributed by atoms with Gasteiger partial charge in [-0.1, -0.05) is 60.7 Å². The molecule has 3 aromatic carbocycles. The fraction of sp³-hybridized carbons (Fsp3) is 0.231. The molecule has 1 amide bonds. The largest absolute Gasteiger partial charge is 0.383 e. The van der Waals surface area contributed by atoms with Crippen molar-refractivity contribution in [1.29, 1.82) is 0 Å². The average molecular weight is 430 g/mol. The third-order valence-corrected chi connectivity index (χ3v) is 5.63. The summed E-state index contributed by atoms with van der Waals surface area (Å²) in [5, 5.41) is 15.0. The Bertz CT molecular complexity index is 1160. The quantitative estimate of drug-likeness (QED) is 0.419. The Morgan fingerprint density at radius 2 is 1.66 bits per heavy atom. The molecule has 0 fully saturated rings. The first kappa shape index (κ1) is 21.7.